The molecule has 0 saturated heterocycles. The van der Waals surface area contributed by atoms with Gasteiger partial charge in [-0.2, -0.15) is 0 Å². The summed E-state index contributed by atoms with van der Waals surface area (Å²) in [4.78, 5) is 12.1. The second-order valence-corrected chi connectivity index (χ2v) is 12.4. The molecule has 0 saturated carbocycles. The Hall–Kier alpha value is -3.12. The molecule has 9 nitrogen and oxygen atoms in total. The molecule has 12 heteroatoms. The summed E-state index contributed by atoms with van der Waals surface area (Å²) in [5.41, 5.74) is 2.64. The lowest BCUT2D eigenvalue weighted by Gasteiger charge is -2.22. The molecule has 0 unspecified atom stereocenters. The number of carbonyl (C=O) groups is 1. The van der Waals surface area contributed by atoms with E-state index in [4.69, 9.17) is 16.3 Å². The molecule has 0 heterocycles. The number of benzene rings is 3. The minimum Gasteiger partial charge on any atom is -0.495 e. The molecular formula is C25H28ClN3O6S2. The Morgan fingerprint density at radius 3 is 2.22 bits per heavy atom. The van der Waals surface area contributed by atoms with Crippen molar-refractivity contribution in [2.45, 2.75) is 30.1 Å². The van der Waals surface area contributed by atoms with E-state index in [1.165, 1.54) is 56.6 Å². The molecule has 0 aliphatic heterocycles. The Morgan fingerprint density at radius 1 is 0.946 bits per heavy atom. The van der Waals surface area contributed by atoms with Crippen molar-refractivity contribution in [2.75, 3.05) is 30.3 Å². The average molecular weight is 566 g/mol. The second-order valence-electron chi connectivity index (χ2n) is 8.27. The summed E-state index contributed by atoms with van der Waals surface area (Å²) in [6.45, 7) is 3.67. The van der Waals surface area contributed by atoms with E-state index in [2.05, 4.69) is 10.0 Å². The number of rotatable bonds is 10. The van der Waals surface area contributed by atoms with Crippen LogP contribution >= 0.6 is 11.6 Å². The zero-order valence-electron chi connectivity index (χ0n) is 20.8. The molecule has 0 aliphatic rings. The van der Waals surface area contributed by atoms with Gasteiger partial charge in [-0.1, -0.05) is 29.3 Å². The molecule has 0 spiro atoms. The van der Waals surface area contributed by atoms with E-state index in [1.807, 2.05) is 26.0 Å². The Kier molecular flexibility index (Phi) is 8.85. The molecule has 0 atom stereocenters. The van der Waals surface area contributed by atoms with Gasteiger partial charge in [-0.05, 0) is 67.9 Å². The zero-order chi connectivity index (χ0) is 27.4. The number of halogens is 1. The summed E-state index contributed by atoms with van der Waals surface area (Å²) in [5.74, 6) is -0.189. The highest BCUT2D eigenvalue weighted by molar-refractivity contribution is 7.92. The fraction of sp³-hybridized carbons (Fsp3) is 0.240. The minimum atomic E-state index is -4.06. The van der Waals surface area contributed by atoms with Gasteiger partial charge in [-0.3, -0.25) is 9.10 Å². The van der Waals surface area contributed by atoms with Crippen molar-refractivity contribution in [3.63, 3.8) is 0 Å². The molecule has 2 N–H and O–H groups in total. The molecule has 3 aromatic carbocycles. The number of amides is 1. The van der Waals surface area contributed by atoms with Crippen LogP contribution in [0, 0.1) is 13.8 Å². The van der Waals surface area contributed by atoms with Gasteiger partial charge in [0, 0.05) is 30.7 Å². The van der Waals surface area contributed by atoms with Crippen molar-refractivity contribution in [1.29, 1.82) is 0 Å². The first-order valence-corrected chi connectivity index (χ1v) is 14.4. The molecule has 37 heavy (non-hydrogen) atoms. The number of ether oxygens (including phenoxy) is 1. The number of sulfonamides is 2. The van der Waals surface area contributed by atoms with Crippen LogP contribution in [0.1, 0.15) is 17.5 Å². The molecule has 0 aromatic heterocycles. The van der Waals surface area contributed by atoms with Crippen molar-refractivity contribution < 1.29 is 26.4 Å². The summed E-state index contributed by atoms with van der Waals surface area (Å²) in [6.07, 6.45) is -0.0968. The van der Waals surface area contributed by atoms with Crippen LogP contribution in [0.2, 0.25) is 5.02 Å². The van der Waals surface area contributed by atoms with Crippen molar-refractivity contribution in [1.82, 2.24) is 4.72 Å². The highest BCUT2D eigenvalue weighted by Gasteiger charge is 2.26. The van der Waals surface area contributed by atoms with Crippen molar-refractivity contribution >= 4 is 48.9 Å². The Bertz CT molecular complexity index is 1510. The molecule has 0 aliphatic carbocycles. The molecule has 0 fully saturated rings. The van der Waals surface area contributed by atoms with Gasteiger partial charge in [0.05, 0.1) is 22.6 Å². The molecule has 0 radical (unpaired) electrons. The summed E-state index contributed by atoms with van der Waals surface area (Å²) >= 11 is 5.86. The maximum absolute atomic E-state index is 13.1. The lowest BCUT2D eigenvalue weighted by atomic mass is 10.1. The standard InChI is InChI=1S/C25H28ClN3O6S2/c1-17-5-11-22(18(2)15-17)28-25(30)13-14-27-36(31,32)21-10-12-24(35-4)23(16-21)29(3)37(33,34)20-8-6-19(26)7-9-20/h5-12,15-16,27H,13-14H2,1-4H3,(H,28,30). The van der Waals surface area contributed by atoms with Crippen LogP contribution in [0.3, 0.4) is 0 Å². The topological polar surface area (TPSA) is 122 Å². The average Bonchev–Trinajstić information content (AvgIpc) is 2.85. The van der Waals surface area contributed by atoms with Gasteiger partial charge in [-0.25, -0.2) is 21.6 Å². The van der Waals surface area contributed by atoms with Gasteiger partial charge in [0.25, 0.3) is 10.0 Å². The van der Waals surface area contributed by atoms with E-state index in [9.17, 15) is 21.6 Å². The van der Waals surface area contributed by atoms with E-state index in [0.29, 0.717) is 10.7 Å². The molecule has 0 bridgehead atoms. The number of hydrogen-bond donors (Lipinski definition) is 2. The maximum atomic E-state index is 13.1. The zero-order valence-corrected chi connectivity index (χ0v) is 23.2. The first-order chi connectivity index (χ1) is 17.3. The predicted molar refractivity (Wildman–Crippen MR) is 144 cm³/mol. The van der Waals surface area contributed by atoms with Crippen LogP contribution in [0.25, 0.3) is 0 Å². The van der Waals surface area contributed by atoms with E-state index >= 15 is 0 Å². The van der Waals surface area contributed by atoms with Crippen LogP contribution in [0.15, 0.2) is 70.5 Å². The summed E-state index contributed by atoms with van der Waals surface area (Å²) < 4.78 is 60.7. The van der Waals surface area contributed by atoms with E-state index in [-0.39, 0.29) is 40.1 Å². The third-order valence-electron chi connectivity index (χ3n) is 5.57. The summed E-state index contributed by atoms with van der Waals surface area (Å²) in [6, 6.07) is 15.1. The highest BCUT2D eigenvalue weighted by atomic mass is 35.5. The number of hydrogen-bond acceptors (Lipinski definition) is 6. The molecular weight excluding hydrogens is 538 g/mol. The van der Waals surface area contributed by atoms with Gasteiger partial charge in [0.2, 0.25) is 15.9 Å². The second kappa shape index (κ2) is 11.5. The van der Waals surface area contributed by atoms with Gasteiger partial charge in [0.1, 0.15) is 5.75 Å². The number of nitrogens with zero attached hydrogens (tertiary/aromatic N) is 1. The first-order valence-electron chi connectivity index (χ1n) is 11.1. The summed E-state index contributed by atoms with van der Waals surface area (Å²) in [7, 11) is -5.46. The van der Waals surface area contributed by atoms with E-state index in [0.717, 1.165) is 15.4 Å². The van der Waals surface area contributed by atoms with Crippen molar-refractivity contribution in [3.05, 3.63) is 76.8 Å². The molecule has 1 amide bonds. The first kappa shape index (κ1) is 28.5. The number of carbonyl (C=O) groups excluding carboxylic acids is 1. The Morgan fingerprint density at radius 2 is 1.59 bits per heavy atom. The van der Waals surface area contributed by atoms with Gasteiger partial charge < -0.3 is 10.1 Å². The molecule has 3 rings (SSSR count). The Balaban J connectivity index is 1.76. The van der Waals surface area contributed by atoms with Gasteiger partial charge in [0.15, 0.2) is 0 Å². The normalized spacial score (nSPS) is 11.7. The lowest BCUT2D eigenvalue weighted by Crippen LogP contribution is -2.29. The third-order valence-corrected chi connectivity index (χ3v) is 9.07. The SMILES string of the molecule is COc1ccc(S(=O)(=O)NCCC(=O)Nc2ccc(C)cc2C)cc1N(C)S(=O)(=O)c1ccc(Cl)cc1. The van der Waals surface area contributed by atoms with Gasteiger partial charge >= 0.3 is 0 Å². The fourth-order valence-electron chi connectivity index (χ4n) is 3.53. The van der Waals surface area contributed by atoms with Gasteiger partial charge in [-0.15, -0.1) is 0 Å². The van der Waals surface area contributed by atoms with Crippen LogP contribution in [-0.2, 0) is 24.8 Å². The van der Waals surface area contributed by atoms with E-state index < -0.39 is 20.0 Å². The number of anilines is 2. The fourth-order valence-corrected chi connectivity index (χ4v) is 5.90. The Labute approximate surface area is 222 Å². The largest absolute Gasteiger partial charge is 0.495 e. The number of aryl methyl sites for hydroxylation is 2. The summed E-state index contributed by atoms with van der Waals surface area (Å²) in [5, 5.41) is 3.14. The van der Waals surface area contributed by atoms with Crippen molar-refractivity contribution in [3.8, 4) is 5.75 Å². The number of methoxy groups -OCH3 is 1. The van der Waals surface area contributed by atoms with E-state index in [1.54, 1.807) is 6.07 Å². The third kappa shape index (κ3) is 6.80. The lowest BCUT2D eigenvalue weighted by molar-refractivity contribution is -0.116. The van der Waals surface area contributed by atoms with Crippen LogP contribution in [-0.4, -0.2) is 43.4 Å². The molecule has 3 aromatic rings. The quantitative estimate of drug-likeness (QED) is 0.382. The minimum absolute atomic E-state index is 0.0212. The van der Waals surface area contributed by atoms with Crippen LogP contribution < -0.4 is 19.1 Å². The van der Waals surface area contributed by atoms with Crippen LogP contribution in [0.5, 0.6) is 5.75 Å². The maximum Gasteiger partial charge on any atom is 0.264 e. The highest BCUT2D eigenvalue weighted by Crippen LogP contribution is 2.33. The predicted octanol–water partition coefficient (Wildman–Crippen LogP) is 4.10. The smallest absolute Gasteiger partial charge is 0.264 e. The monoisotopic (exact) mass is 565 g/mol. The van der Waals surface area contributed by atoms with Crippen molar-refractivity contribution in [2.24, 2.45) is 0 Å². The van der Waals surface area contributed by atoms with Crippen LogP contribution in [0.4, 0.5) is 11.4 Å². The molecule has 198 valence electrons. The number of nitrogens with one attached hydrogen (secondary N) is 2.